The van der Waals surface area contributed by atoms with Gasteiger partial charge in [-0.25, -0.2) is 4.79 Å². The van der Waals surface area contributed by atoms with E-state index in [0.29, 0.717) is 0 Å². The molecule has 0 unspecified atom stereocenters. The Morgan fingerprint density at radius 1 is 0.882 bits per heavy atom. The Kier molecular flexibility index (Phi) is 7.19. The molecule has 0 aliphatic heterocycles. The SMILES string of the molecule is COC(=O)[C@@H](O)[C@@H](O)[C@H](O)[C@@H](O)C(OC)OC. The lowest BCUT2D eigenvalue weighted by Gasteiger charge is -2.28. The summed E-state index contributed by atoms with van der Waals surface area (Å²) in [4.78, 5) is 10.9. The summed E-state index contributed by atoms with van der Waals surface area (Å²) in [5.41, 5.74) is 0. The molecule has 0 rings (SSSR count). The second kappa shape index (κ2) is 7.54. The molecular formula is C9H18O8. The molecule has 4 N–H and O–H groups in total. The van der Waals surface area contributed by atoms with Gasteiger partial charge < -0.3 is 34.6 Å². The average molecular weight is 254 g/mol. The zero-order valence-corrected chi connectivity index (χ0v) is 9.81. The van der Waals surface area contributed by atoms with E-state index in [4.69, 9.17) is 0 Å². The maximum absolute atomic E-state index is 10.9. The molecule has 8 nitrogen and oxygen atoms in total. The Hall–Kier alpha value is -0.770. The van der Waals surface area contributed by atoms with Crippen LogP contribution in [-0.4, -0.2) is 78.4 Å². The predicted molar refractivity (Wildman–Crippen MR) is 53.8 cm³/mol. The molecule has 0 saturated heterocycles. The molecule has 0 saturated carbocycles. The van der Waals surface area contributed by atoms with Gasteiger partial charge in [0, 0.05) is 14.2 Å². The van der Waals surface area contributed by atoms with Crippen molar-refractivity contribution >= 4 is 5.97 Å². The normalized spacial score (nSPS) is 18.6. The zero-order valence-electron chi connectivity index (χ0n) is 9.81. The minimum Gasteiger partial charge on any atom is -0.467 e. The van der Waals surface area contributed by atoms with E-state index in [-0.39, 0.29) is 0 Å². The molecule has 0 aromatic carbocycles. The van der Waals surface area contributed by atoms with Crippen LogP contribution in [0.15, 0.2) is 0 Å². The fourth-order valence-corrected chi connectivity index (χ4v) is 1.19. The van der Waals surface area contributed by atoms with Crippen molar-refractivity contribution in [2.24, 2.45) is 0 Å². The van der Waals surface area contributed by atoms with E-state index in [1.165, 1.54) is 14.2 Å². The third-order valence-corrected chi connectivity index (χ3v) is 2.21. The number of hydrogen-bond donors (Lipinski definition) is 4. The lowest BCUT2D eigenvalue weighted by molar-refractivity contribution is -0.214. The van der Waals surface area contributed by atoms with Gasteiger partial charge in [0.2, 0.25) is 0 Å². The predicted octanol–water partition coefficient (Wildman–Crippen LogP) is -2.78. The topological polar surface area (TPSA) is 126 Å². The lowest BCUT2D eigenvalue weighted by atomic mass is 10.0. The summed E-state index contributed by atoms with van der Waals surface area (Å²) < 4.78 is 13.5. The van der Waals surface area contributed by atoms with E-state index in [2.05, 4.69) is 14.2 Å². The van der Waals surface area contributed by atoms with Crippen LogP contribution in [0, 0.1) is 0 Å². The van der Waals surface area contributed by atoms with E-state index >= 15 is 0 Å². The first-order chi connectivity index (χ1) is 7.90. The maximum atomic E-state index is 10.9. The van der Waals surface area contributed by atoms with Crippen LogP contribution < -0.4 is 0 Å². The van der Waals surface area contributed by atoms with Gasteiger partial charge in [-0.05, 0) is 0 Å². The number of carbonyl (C=O) groups is 1. The highest BCUT2D eigenvalue weighted by Gasteiger charge is 2.38. The molecule has 0 aliphatic carbocycles. The van der Waals surface area contributed by atoms with E-state index in [1.807, 2.05) is 0 Å². The molecule has 0 amide bonds. The molecule has 0 aromatic heterocycles. The fourth-order valence-electron chi connectivity index (χ4n) is 1.19. The summed E-state index contributed by atoms with van der Waals surface area (Å²) in [6, 6.07) is 0. The molecule has 0 aliphatic rings. The van der Waals surface area contributed by atoms with E-state index < -0.39 is 36.7 Å². The van der Waals surface area contributed by atoms with Gasteiger partial charge in [-0.15, -0.1) is 0 Å². The largest absolute Gasteiger partial charge is 0.467 e. The second-order valence-electron chi connectivity index (χ2n) is 3.28. The zero-order chi connectivity index (χ0) is 13.6. The van der Waals surface area contributed by atoms with Crippen LogP contribution in [-0.2, 0) is 19.0 Å². The first kappa shape index (κ1) is 16.2. The molecule has 0 aromatic rings. The summed E-state index contributed by atoms with van der Waals surface area (Å²) in [7, 11) is 3.44. The second-order valence-corrected chi connectivity index (χ2v) is 3.28. The van der Waals surface area contributed by atoms with Crippen LogP contribution >= 0.6 is 0 Å². The molecule has 0 bridgehead atoms. The monoisotopic (exact) mass is 254 g/mol. The molecular weight excluding hydrogens is 236 g/mol. The highest BCUT2D eigenvalue weighted by atomic mass is 16.7. The molecule has 0 heterocycles. The summed E-state index contributed by atoms with van der Waals surface area (Å²) in [6.45, 7) is 0. The number of rotatable bonds is 7. The van der Waals surface area contributed by atoms with Gasteiger partial charge in [0.15, 0.2) is 12.4 Å². The van der Waals surface area contributed by atoms with Crippen LogP contribution in [0.1, 0.15) is 0 Å². The van der Waals surface area contributed by atoms with Gasteiger partial charge in [-0.2, -0.15) is 0 Å². The Bertz CT molecular complexity index is 229. The molecule has 0 spiro atoms. The van der Waals surface area contributed by atoms with Crippen LogP contribution in [0.2, 0.25) is 0 Å². The van der Waals surface area contributed by atoms with Crippen molar-refractivity contribution in [3.63, 3.8) is 0 Å². The van der Waals surface area contributed by atoms with Gasteiger partial charge >= 0.3 is 5.97 Å². The summed E-state index contributed by atoms with van der Waals surface area (Å²) in [5.74, 6) is -1.13. The number of ether oxygens (including phenoxy) is 3. The van der Waals surface area contributed by atoms with Crippen molar-refractivity contribution in [2.75, 3.05) is 21.3 Å². The highest BCUT2D eigenvalue weighted by molar-refractivity contribution is 5.75. The van der Waals surface area contributed by atoms with Crippen LogP contribution in [0.25, 0.3) is 0 Å². The van der Waals surface area contributed by atoms with E-state index in [0.717, 1.165) is 7.11 Å². The van der Waals surface area contributed by atoms with Gasteiger partial charge in [0.05, 0.1) is 7.11 Å². The Morgan fingerprint density at radius 2 is 1.35 bits per heavy atom. The van der Waals surface area contributed by atoms with Crippen molar-refractivity contribution in [2.45, 2.75) is 30.7 Å². The van der Waals surface area contributed by atoms with Crippen molar-refractivity contribution in [1.82, 2.24) is 0 Å². The van der Waals surface area contributed by atoms with Crippen molar-refractivity contribution in [3.05, 3.63) is 0 Å². The number of aliphatic hydroxyl groups excluding tert-OH is 4. The van der Waals surface area contributed by atoms with Crippen LogP contribution in [0.4, 0.5) is 0 Å². The standard InChI is InChI=1S/C9H18O8/c1-15-8(14)6(12)4(10)5(11)7(13)9(16-2)17-3/h4-7,9-13H,1-3H3/t4-,5-,6-,7+/m0/s1. The van der Waals surface area contributed by atoms with Gasteiger partial charge in [0.1, 0.15) is 18.3 Å². The average Bonchev–Trinajstić information content (AvgIpc) is 2.36. The van der Waals surface area contributed by atoms with Gasteiger partial charge in [-0.3, -0.25) is 0 Å². The first-order valence-corrected chi connectivity index (χ1v) is 4.76. The third kappa shape index (κ3) is 4.19. The number of hydrogen-bond acceptors (Lipinski definition) is 8. The Labute approximate surface area is 98.3 Å². The van der Waals surface area contributed by atoms with E-state index in [1.54, 1.807) is 0 Å². The first-order valence-electron chi connectivity index (χ1n) is 4.76. The van der Waals surface area contributed by atoms with Crippen molar-refractivity contribution < 1.29 is 39.4 Å². The molecule has 0 fully saturated rings. The smallest absolute Gasteiger partial charge is 0.337 e. The summed E-state index contributed by atoms with van der Waals surface area (Å²) >= 11 is 0. The molecule has 4 atom stereocenters. The van der Waals surface area contributed by atoms with Crippen molar-refractivity contribution in [1.29, 1.82) is 0 Å². The maximum Gasteiger partial charge on any atom is 0.337 e. The summed E-state index contributed by atoms with van der Waals surface area (Å²) in [5, 5.41) is 37.7. The van der Waals surface area contributed by atoms with Gasteiger partial charge in [0.25, 0.3) is 0 Å². The quantitative estimate of drug-likeness (QED) is 0.284. The minimum atomic E-state index is -1.97. The molecule has 0 radical (unpaired) electrons. The summed E-state index contributed by atoms with van der Waals surface area (Å²) in [6.07, 6.45) is -8.58. The molecule has 8 heteroatoms. The number of carbonyl (C=O) groups excluding carboxylic acids is 1. The molecule has 17 heavy (non-hydrogen) atoms. The Morgan fingerprint density at radius 3 is 1.71 bits per heavy atom. The van der Waals surface area contributed by atoms with Crippen LogP contribution in [0.5, 0.6) is 0 Å². The van der Waals surface area contributed by atoms with Crippen LogP contribution in [0.3, 0.4) is 0 Å². The number of aliphatic hydroxyl groups is 4. The number of esters is 1. The van der Waals surface area contributed by atoms with Gasteiger partial charge in [-0.1, -0.05) is 0 Å². The molecule has 102 valence electrons. The highest BCUT2D eigenvalue weighted by Crippen LogP contribution is 2.11. The minimum absolute atomic E-state index is 1.01. The van der Waals surface area contributed by atoms with Crippen molar-refractivity contribution in [3.8, 4) is 0 Å². The van der Waals surface area contributed by atoms with E-state index in [9.17, 15) is 25.2 Å². The lowest BCUT2D eigenvalue weighted by Crippen LogP contribution is -2.52. The third-order valence-electron chi connectivity index (χ3n) is 2.21. The Balaban J connectivity index is 4.57. The number of methoxy groups -OCH3 is 3. The fraction of sp³-hybridized carbons (Fsp3) is 0.889.